The van der Waals surface area contributed by atoms with Crippen LogP contribution in [-0.4, -0.2) is 4.57 Å². The van der Waals surface area contributed by atoms with E-state index >= 15 is 0 Å². The van der Waals surface area contributed by atoms with E-state index in [1.54, 1.807) is 0 Å². The van der Waals surface area contributed by atoms with Gasteiger partial charge in [0.05, 0.1) is 27.5 Å². The number of rotatable bonds is 7. The van der Waals surface area contributed by atoms with Crippen molar-refractivity contribution in [3.05, 3.63) is 265 Å². The lowest BCUT2D eigenvalue weighted by Gasteiger charge is -2.33. The second-order valence-electron chi connectivity index (χ2n) is 16.8. The monoisotopic (exact) mass is 816 g/mol. The molecule has 0 atom stereocenters. The fourth-order valence-corrected chi connectivity index (χ4v) is 10.8. The first-order chi connectivity index (χ1) is 31.8. The van der Waals surface area contributed by atoms with Gasteiger partial charge in [0.1, 0.15) is 11.2 Å². The molecule has 2 heterocycles. The Kier molecular flexibility index (Phi) is 8.13. The second-order valence-corrected chi connectivity index (χ2v) is 16.8. The third-order valence-electron chi connectivity index (χ3n) is 13.5. The highest BCUT2D eigenvalue weighted by atomic mass is 16.3. The first-order valence-electron chi connectivity index (χ1n) is 22.0. The minimum atomic E-state index is -0.428. The summed E-state index contributed by atoms with van der Waals surface area (Å²) in [5, 5.41) is 4.62. The van der Waals surface area contributed by atoms with Crippen LogP contribution in [0.4, 0.5) is 17.1 Å². The maximum Gasteiger partial charge on any atom is 0.137 e. The standard InChI is InChI=1S/C61H40N2O/c1-4-17-43(18-5-1)61(44-19-6-2-7-20-44)53-26-13-10-23-48(53)52-39-42(33-38-54(52)61)41-31-34-46(35-32-41)62(56-28-16-30-59-60(56)51-25-12-15-29-58(51)64-59)47-36-37-50-49-24-11-14-27-55(49)63(57(50)40-47)45-21-8-3-9-22-45/h1-40H. The van der Waals surface area contributed by atoms with Crippen LogP contribution in [-0.2, 0) is 5.41 Å². The molecule has 10 aromatic carbocycles. The molecule has 0 saturated heterocycles. The molecule has 0 unspecified atom stereocenters. The van der Waals surface area contributed by atoms with Crippen LogP contribution in [0.25, 0.3) is 71.7 Å². The van der Waals surface area contributed by atoms with Gasteiger partial charge in [-0.2, -0.15) is 0 Å². The molecule has 0 N–H and O–H groups in total. The predicted molar refractivity (Wildman–Crippen MR) is 265 cm³/mol. The lowest BCUT2D eigenvalue weighted by molar-refractivity contribution is 0.669. The van der Waals surface area contributed by atoms with E-state index in [1.807, 2.05) is 6.07 Å². The van der Waals surface area contributed by atoms with Gasteiger partial charge in [-0.15, -0.1) is 0 Å². The summed E-state index contributed by atoms with van der Waals surface area (Å²) in [6, 6.07) is 88.2. The quantitative estimate of drug-likeness (QED) is 0.160. The summed E-state index contributed by atoms with van der Waals surface area (Å²) in [5.74, 6) is 0. The molecule has 0 bridgehead atoms. The van der Waals surface area contributed by atoms with E-state index in [0.717, 1.165) is 55.8 Å². The van der Waals surface area contributed by atoms with E-state index in [4.69, 9.17) is 4.42 Å². The molecule has 300 valence electrons. The van der Waals surface area contributed by atoms with Gasteiger partial charge >= 0.3 is 0 Å². The molecule has 0 aliphatic heterocycles. The van der Waals surface area contributed by atoms with Gasteiger partial charge in [0, 0.05) is 33.2 Å². The van der Waals surface area contributed by atoms with Crippen LogP contribution in [0.1, 0.15) is 22.3 Å². The molecule has 0 spiro atoms. The molecule has 0 radical (unpaired) electrons. The first-order valence-corrected chi connectivity index (χ1v) is 22.0. The van der Waals surface area contributed by atoms with Crippen LogP contribution in [0, 0.1) is 0 Å². The van der Waals surface area contributed by atoms with Crippen molar-refractivity contribution in [2.45, 2.75) is 5.41 Å². The van der Waals surface area contributed by atoms with Gasteiger partial charge in [-0.1, -0.05) is 176 Å². The third-order valence-corrected chi connectivity index (χ3v) is 13.5. The lowest BCUT2D eigenvalue weighted by Crippen LogP contribution is -2.28. The topological polar surface area (TPSA) is 21.3 Å². The predicted octanol–water partition coefficient (Wildman–Crippen LogP) is 16.2. The molecular formula is C61H40N2O. The summed E-state index contributed by atoms with van der Waals surface area (Å²) in [4.78, 5) is 2.40. The van der Waals surface area contributed by atoms with Gasteiger partial charge in [-0.3, -0.25) is 0 Å². The van der Waals surface area contributed by atoms with Crippen molar-refractivity contribution in [1.82, 2.24) is 4.57 Å². The van der Waals surface area contributed by atoms with Crippen molar-refractivity contribution < 1.29 is 4.42 Å². The summed E-state index contributed by atoms with van der Waals surface area (Å²) in [5.41, 5.74) is 18.0. The molecule has 3 nitrogen and oxygen atoms in total. The molecule has 64 heavy (non-hydrogen) atoms. The van der Waals surface area contributed by atoms with Gasteiger partial charge in [-0.25, -0.2) is 0 Å². The maximum absolute atomic E-state index is 6.48. The number of aromatic nitrogens is 1. The number of furan rings is 1. The zero-order valence-electron chi connectivity index (χ0n) is 34.9. The van der Waals surface area contributed by atoms with Crippen LogP contribution in [0.5, 0.6) is 0 Å². The van der Waals surface area contributed by atoms with Crippen molar-refractivity contribution >= 4 is 60.8 Å². The number of para-hydroxylation sites is 3. The lowest BCUT2D eigenvalue weighted by atomic mass is 9.67. The second kappa shape index (κ2) is 14.3. The Labute approximate surface area is 371 Å². The Hall–Kier alpha value is -8.40. The van der Waals surface area contributed by atoms with Crippen molar-refractivity contribution in [3.63, 3.8) is 0 Å². The van der Waals surface area contributed by atoms with E-state index in [9.17, 15) is 0 Å². The minimum absolute atomic E-state index is 0.428. The minimum Gasteiger partial charge on any atom is -0.456 e. The summed E-state index contributed by atoms with van der Waals surface area (Å²) < 4.78 is 8.87. The van der Waals surface area contributed by atoms with Crippen molar-refractivity contribution in [2.24, 2.45) is 0 Å². The van der Waals surface area contributed by atoms with Crippen LogP contribution < -0.4 is 4.90 Å². The van der Waals surface area contributed by atoms with E-state index in [-0.39, 0.29) is 0 Å². The highest BCUT2D eigenvalue weighted by Crippen LogP contribution is 2.57. The average Bonchev–Trinajstić information content (AvgIpc) is 4.02. The van der Waals surface area contributed by atoms with E-state index in [1.165, 1.54) is 55.2 Å². The molecule has 0 amide bonds. The fourth-order valence-electron chi connectivity index (χ4n) is 10.8. The molecule has 1 aliphatic carbocycles. The molecule has 0 fully saturated rings. The van der Waals surface area contributed by atoms with Gasteiger partial charge in [0.2, 0.25) is 0 Å². The summed E-state index contributed by atoms with van der Waals surface area (Å²) in [6.07, 6.45) is 0. The Balaban J connectivity index is 0.987. The van der Waals surface area contributed by atoms with Crippen LogP contribution in [0.3, 0.4) is 0 Å². The number of fused-ring (bicyclic) bond motifs is 9. The molecule has 1 aliphatic rings. The van der Waals surface area contributed by atoms with Gasteiger partial charge in [0.25, 0.3) is 0 Å². The van der Waals surface area contributed by atoms with Crippen LogP contribution in [0.15, 0.2) is 247 Å². The number of benzene rings is 10. The van der Waals surface area contributed by atoms with Gasteiger partial charge in [0.15, 0.2) is 0 Å². The third kappa shape index (κ3) is 5.34. The highest BCUT2D eigenvalue weighted by Gasteiger charge is 2.46. The van der Waals surface area contributed by atoms with Crippen molar-refractivity contribution in [3.8, 4) is 27.9 Å². The van der Waals surface area contributed by atoms with Crippen LogP contribution in [0.2, 0.25) is 0 Å². The van der Waals surface area contributed by atoms with E-state index < -0.39 is 5.41 Å². The highest BCUT2D eigenvalue weighted by molar-refractivity contribution is 6.14. The molecule has 2 aromatic heterocycles. The summed E-state index contributed by atoms with van der Waals surface area (Å²) in [6.45, 7) is 0. The summed E-state index contributed by atoms with van der Waals surface area (Å²) >= 11 is 0. The number of hydrogen-bond donors (Lipinski definition) is 0. The van der Waals surface area contributed by atoms with E-state index in [2.05, 4.69) is 246 Å². The Morgan fingerprint density at radius 1 is 0.375 bits per heavy atom. The molecular weight excluding hydrogens is 777 g/mol. The molecule has 12 aromatic rings. The number of anilines is 3. The Morgan fingerprint density at radius 3 is 1.75 bits per heavy atom. The average molecular weight is 817 g/mol. The molecule has 3 heteroatoms. The molecule has 0 saturated carbocycles. The van der Waals surface area contributed by atoms with Gasteiger partial charge in [-0.05, 0) is 111 Å². The SMILES string of the molecule is c1ccc(-n2c3ccccc3c3ccc(N(c4ccc(-c5ccc6c(c5)-c5ccccc5C6(c5ccccc5)c5ccccc5)cc4)c4cccc5oc6ccccc6c45)cc32)cc1. The zero-order chi connectivity index (χ0) is 42.2. The Morgan fingerprint density at radius 2 is 0.969 bits per heavy atom. The first kappa shape index (κ1) is 36.3. The zero-order valence-corrected chi connectivity index (χ0v) is 34.9. The number of hydrogen-bond acceptors (Lipinski definition) is 2. The maximum atomic E-state index is 6.48. The Bertz CT molecular complexity index is 3680. The normalized spacial score (nSPS) is 12.8. The fraction of sp³-hybridized carbons (Fsp3) is 0.0164. The van der Waals surface area contributed by atoms with E-state index in [0.29, 0.717) is 0 Å². The largest absolute Gasteiger partial charge is 0.456 e. The number of nitrogens with zero attached hydrogens (tertiary/aromatic N) is 2. The summed E-state index contributed by atoms with van der Waals surface area (Å²) in [7, 11) is 0. The van der Waals surface area contributed by atoms with Crippen molar-refractivity contribution in [2.75, 3.05) is 4.90 Å². The smallest absolute Gasteiger partial charge is 0.137 e. The van der Waals surface area contributed by atoms with Gasteiger partial charge < -0.3 is 13.9 Å². The van der Waals surface area contributed by atoms with Crippen molar-refractivity contribution in [1.29, 1.82) is 0 Å². The molecule has 13 rings (SSSR count). The van der Waals surface area contributed by atoms with Crippen LogP contribution >= 0.6 is 0 Å².